The van der Waals surface area contributed by atoms with Crippen molar-refractivity contribution >= 4 is 5.97 Å². The maximum atomic E-state index is 12.5. The van der Waals surface area contributed by atoms with Crippen molar-refractivity contribution in [2.24, 2.45) is 11.8 Å². The summed E-state index contributed by atoms with van der Waals surface area (Å²) >= 11 is 0. The minimum atomic E-state index is -0.410. The summed E-state index contributed by atoms with van der Waals surface area (Å²) in [6.07, 6.45) is -0.695. The number of methoxy groups -OCH3 is 2. The molecule has 0 N–H and O–H groups in total. The van der Waals surface area contributed by atoms with Crippen LogP contribution in [0.25, 0.3) is 0 Å². The van der Waals surface area contributed by atoms with Crippen LogP contribution >= 0.6 is 0 Å². The first-order valence-corrected chi connectivity index (χ1v) is 9.13. The van der Waals surface area contributed by atoms with Gasteiger partial charge in [-0.25, -0.2) is 0 Å². The van der Waals surface area contributed by atoms with Gasteiger partial charge in [0.15, 0.2) is 23.0 Å². The Morgan fingerprint density at radius 2 is 1.61 bits per heavy atom. The summed E-state index contributed by atoms with van der Waals surface area (Å²) in [4.78, 5) is 12.5. The Balaban J connectivity index is 1.51. The number of carbonyl (C=O) groups excluding carboxylic acids is 1. The lowest BCUT2D eigenvalue weighted by molar-refractivity contribution is -0.145. The van der Waals surface area contributed by atoms with Crippen LogP contribution in [0.3, 0.4) is 0 Å². The van der Waals surface area contributed by atoms with Gasteiger partial charge in [-0.1, -0.05) is 12.1 Å². The third-order valence-corrected chi connectivity index (χ3v) is 5.62. The molecule has 2 aromatic carbocycles. The van der Waals surface area contributed by atoms with Crippen LogP contribution in [0.15, 0.2) is 36.4 Å². The summed E-state index contributed by atoms with van der Waals surface area (Å²) in [5.41, 5.74) is 1.80. The molecule has 5 rings (SSSR count). The molecule has 7 nitrogen and oxygen atoms in total. The molecule has 4 atom stereocenters. The Morgan fingerprint density at radius 1 is 0.857 bits per heavy atom. The first kappa shape index (κ1) is 17.2. The van der Waals surface area contributed by atoms with Gasteiger partial charge in [-0.15, -0.1) is 0 Å². The van der Waals surface area contributed by atoms with Gasteiger partial charge < -0.3 is 28.4 Å². The predicted octanol–water partition coefficient (Wildman–Crippen LogP) is 3.03. The second kappa shape index (κ2) is 6.60. The normalized spacial score (nSPS) is 27.4. The largest absolute Gasteiger partial charge is 0.493 e. The number of fused-ring (bicyclic) bond motifs is 2. The Morgan fingerprint density at radius 3 is 2.43 bits per heavy atom. The van der Waals surface area contributed by atoms with E-state index in [1.54, 1.807) is 14.2 Å². The quantitative estimate of drug-likeness (QED) is 0.750. The number of ether oxygens (including phenoxy) is 6. The average molecular weight is 384 g/mol. The highest BCUT2D eigenvalue weighted by molar-refractivity contribution is 5.76. The fourth-order valence-corrected chi connectivity index (χ4v) is 4.25. The van der Waals surface area contributed by atoms with Gasteiger partial charge in [0.05, 0.1) is 39.0 Å². The number of esters is 1. The van der Waals surface area contributed by atoms with Gasteiger partial charge in [0.25, 0.3) is 0 Å². The van der Waals surface area contributed by atoms with Gasteiger partial charge in [-0.2, -0.15) is 0 Å². The molecule has 146 valence electrons. The third-order valence-electron chi connectivity index (χ3n) is 5.62. The maximum Gasteiger partial charge on any atom is 0.312 e. The molecule has 28 heavy (non-hydrogen) atoms. The van der Waals surface area contributed by atoms with E-state index in [4.69, 9.17) is 28.4 Å². The second-order valence-electron chi connectivity index (χ2n) is 7.02. The molecule has 0 radical (unpaired) electrons. The predicted molar refractivity (Wildman–Crippen MR) is 96.6 cm³/mol. The van der Waals surface area contributed by atoms with Crippen LogP contribution in [0.5, 0.6) is 23.0 Å². The fraction of sp³-hybridized carbons (Fsp3) is 0.381. The topological polar surface area (TPSA) is 72.5 Å². The lowest BCUT2D eigenvalue weighted by Crippen LogP contribution is -2.17. The highest BCUT2D eigenvalue weighted by atomic mass is 16.7. The van der Waals surface area contributed by atoms with E-state index in [2.05, 4.69) is 0 Å². The summed E-state index contributed by atoms with van der Waals surface area (Å²) in [5, 5.41) is 0. The van der Waals surface area contributed by atoms with Crippen LogP contribution < -0.4 is 18.9 Å². The van der Waals surface area contributed by atoms with Crippen molar-refractivity contribution in [2.75, 3.05) is 27.6 Å². The van der Waals surface area contributed by atoms with Crippen molar-refractivity contribution in [3.8, 4) is 23.0 Å². The number of hydrogen-bond acceptors (Lipinski definition) is 7. The summed E-state index contributed by atoms with van der Waals surface area (Å²) in [6, 6.07) is 11.3. The van der Waals surface area contributed by atoms with Gasteiger partial charge in [0.1, 0.15) is 0 Å². The van der Waals surface area contributed by atoms with Crippen LogP contribution in [-0.2, 0) is 14.3 Å². The minimum Gasteiger partial charge on any atom is -0.493 e. The zero-order chi connectivity index (χ0) is 19.3. The molecule has 3 aliphatic rings. The molecule has 0 aliphatic carbocycles. The maximum absolute atomic E-state index is 12.5. The van der Waals surface area contributed by atoms with Crippen LogP contribution in [0.4, 0.5) is 0 Å². The molecular weight excluding hydrogens is 364 g/mol. The van der Waals surface area contributed by atoms with Crippen LogP contribution in [0.1, 0.15) is 23.3 Å². The molecule has 3 heterocycles. The SMILES string of the molecule is COc1ccc([C@@H]2O[C@H](c3ccc4c(c3)OCO4)[C@@H]3C(=O)OC[C@@H]32)cc1OC. The molecule has 7 heteroatoms. The summed E-state index contributed by atoms with van der Waals surface area (Å²) in [5.74, 6) is 1.97. The van der Waals surface area contributed by atoms with E-state index in [0.717, 1.165) is 11.1 Å². The Labute approximate surface area is 162 Å². The Kier molecular flexibility index (Phi) is 4.05. The summed E-state index contributed by atoms with van der Waals surface area (Å²) < 4.78 is 33.4. The number of benzene rings is 2. The van der Waals surface area contributed by atoms with E-state index in [9.17, 15) is 4.79 Å². The van der Waals surface area contributed by atoms with Crippen molar-refractivity contribution in [1.29, 1.82) is 0 Å². The molecule has 0 unspecified atom stereocenters. The molecule has 3 aliphatic heterocycles. The smallest absolute Gasteiger partial charge is 0.312 e. The van der Waals surface area contributed by atoms with Gasteiger partial charge in [0, 0.05) is 5.92 Å². The van der Waals surface area contributed by atoms with Crippen molar-refractivity contribution in [3.05, 3.63) is 47.5 Å². The van der Waals surface area contributed by atoms with Crippen LogP contribution in [0.2, 0.25) is 0 Å². The van der Waals surface area contributed by atoms with Crippen molar-refractivity contribution in [2.45, 2.75) is 12.2 Å². The van der Waals surface area contributed by atoms with E-state index in [1.165, 1.54) is 0 Å². The molecule has 2 fully saturated rings. The summed E-state index contributed by atoms with van der Waals surface area (Å²) in [7, 11) is 3.19. The third kappa shape index (κ3) is 2.57. The van der Waals surface area contributed by atoms with E-state index in [0.29, 0.717) is 29.6 Å². The van der Waals surface area contributed by atoms with Gasteiger partial charge in [-0.3, -0.25) is 4.79 Å². The van der Waals surface area contributed by atoms with Crippen molar-refractivity contribution < 1.29 is 33.2 Å². The molecule has 2 saturated heterocycles. The van der Waals surface area contributed by atoms with E-state index in [1.807, 2.05) is 36.4 Å². The summed E-state index contributed by atoms with van der Waals surface area (Å²) in [6.45, 7) is 0.538. The molecule has 0 spiro atoms. The molecule has 0 amide bonds. The minimum absolute atomic E-state index is 0.0685. The monoisotopic (exact) mass is 384 g/mol. The second-order valence-corrected chi connectivity index (χ2v) is 7.02. The standard InChI is InChI=1S/C21H20O7/c1-23-14-5-3-11(7-16(14)24-2)19-13-9-25-21(22)18(13)20(28-19)12-4-6-15-17(8-12)27-10-26-15/h3-8,13,18-20H,9-10H2,1-2H3/t13-,18+,19-,20+/m0/s1. The highest BCUT2D eigenvalue weighted by Gasteiger charge is 2.54. The van der Waals surface area contributed by atoms with E-state index < -0.39 is 6.10 Å². The van der Waals surface area contributed by atoms with E-state index in [-0.39, 0.29) is 30.7 Å². The number of hydrogen-bond donors (Lipinski definition) is 0. The van der Waals surface area contributed by atoms with Crippen molar-refractivity contribution in [1.82, 2.24) is 0 Å². The first-order chi connectivity index (χ1) is 13.7. The van der Waals surface area contributed by atoms with Crippen LogP contribution in [0, 0.1) is 11.8 Å². The average Bonchev–Trinajstić information content (AvgIpc) is 3.43. The Hall–Kier alpha value is -2.93. The number of cyclic esters (lactones) is 1. The Bertz CT molecular complexity index is 925. The lowest BCUT2D eigenvalue weighted by Gasteiger charge is -2.19. The fourth-order valence-electron chi connectivity index (χ4n) is 4.25. The van der Waals surface area contributed by atoms with Gasteiger partial charge >= 0.3 is 5.97 Å². The molecule has 0 aromatic heterocycles. The van der Waals surface area contributed by atoms with Gasteiger partial charge in [-0.05, 0) is 35.4 Å². The zero-order valence-electron chi connectivity index (χ0n) is 15.5. The first-order valence-electron chi connectivity index (χ1n) is 9.13. The molecule has 0 saturated carbocycles. The molecule has 0 bridgehead atoms. The van der Waals surface area contributed by atoms with E-state index >= 15 is 0 Å². The number of rotatable bonds is 4. The molecule has 2 aromatic rings. The van der Waals surface area contributed by atoms with Crippen molar-refractivity contribution in [3.63, 3.8) is 0 Å². The zero-order valence-corrected chi connectivity index (χ0v) is 15.5. The van der Waals surface area contributed by atoms with Gasteiger partial charge in [0.2, 0.25) is 6.79 Å². The molecular formula is C21H20O7. The lowest BCUT2D eigenvalue weighted by atomic mass is 9.85. The van der Waals surface area contributed by atoms with Crippen LogP contribution in [-0.4, -0.2) is 33.6 Å². The highest BCUT2D eigenvalue weighted by Crippen LogP contribution is 2.54. The number of carbonyl (C=O) groups is 1.